The standard InChI is InChI=1S/C14H12N4O/c1-9-6-7-10(8-15-9)14(19)16-13-11-4-2-3-5-12(11)17-18-13/h2-8H,1H3,(H2,16,17,18,19). The fraction of sp³-hybridized carbons (Fsp3) is 0.0714. The van der Waals surface area contributed by atoms with Gasteiger partial charge in [-0.25, -0.2) is 0 Å². The van der Waals surface area contributed by atoms with Crippen molar-refractivity contribution in [1.29, 1.82) is 0 Å². The Bertz CT molecular complexity index is 731. The summed E-state index contributed by atoms with van der Waals surface area (Å²) < 4.78 is 0. The molecular weight excluding hydrogens is 240 g/mol. The minimum Gasteiger partial charge on any atom is -0.305 e. The predicted molar refractivity (Wildman–Crippen MR) is 73.0 cm³/mol. The molecule has 3 aromatic rings. The first kappa shape index (κ1) is 11.4. The fourth-order valence-electron chi connectivity index (χ4n) is 1.84. The Morgan fingerprint density at radius 1 is 1.21 bits per heavy atom. The smallest absolute Gasteiger partial charge is 0.258 e. The van der Waals surface area contributed by atoms with Crippen LogP contribution in [0.1, 0.15) is 16.1 Å². The molecule has 5 heteroatoms. The number of para-hydroxylation sites is 1. The number of hydrogen-bond acceptors (Lipinski definition) is 3. The van der Waals surface area contributed by atoms with E-state index in [0.29, 0.717) is 11.4 Å². The van der Waals surface area contributed by atoms with Crippen LogP contribution in [-0.4, -0.2) is 21.1 Å². The number of hydrogen-bond donors (Lipinski definition) is 2. The lowest BCUT2D eigenvalue weighted by atomic mass is 10.2. The van der Waals surface area contributed by atoms with Crippen molar-refractivity contribution in [2.75, 3.05) is 5.32 Å². The number of amides is 1. The number of pyridine rings is 1. The maximum absolute atomic E-state index is 12.1. The first-order valence-electron chi connectivity index (χ1n) is 5.91. The van der Waals surface area contributed by atoms with Gasteiger partial charge in [0.25, 0.3) is 5.91 Å². The highest BCUT2D eigenvalue weighted by Crippen LogP contribution is 2.20. The van der Waals surface area contributed by atoms with Gasteiger partial charge in [-0.1, -0.05) is 12.1 Å². The van der Waals surface area contributed by atoms with E-state index in [2.05, 4.69) is 20.5 Å². The number of nitrogens with one attached hydrogen (secondary N) is 2. The molecule has 0 saturated heterocycles. The molecule has 0 aliphatic carbocycles. The van der Waals surface area contributed by atoms with Gasteiger partial charge in [0.05, 0.1) is 11.1 Å². The van der Waals surface area contributed by atoms with Crippen molar-refractivity contribution in [1.82, 2.24) is 15.2 Å². The molecule has 0 fully saturated rings. The predicted octanol–water partition coefficient (Wildman–Crippen LogP) is 2.52. The Morgan fingerprint density at radius 3 is 2.84 bits per heavy atom. The molecule has 94 valence electrons. The molecule has 0 aliphatic rings. The Kier molecular flexibility index (Phi) is 2.72. The fourth-order valence-corrected chi connectivity index (χ4v) is 1.84. The Morgan fingerprint density at radius 2 is 2.05 bits per heavy atom. The molecule has 3 rings (SSSR count). The highest BCUT2D eigenvalue weighted by Gasteiger charge is 2.10. The van der Waals surface area contributed by atoms with E-state index < -0.39 is 0 Å². The first-order valence-corrected chi connectivity index (χ1v) is 5.91. The maximum Gasteiger partial charge on any atom is 0.258 e. The van der Waals surface area contributed by atoms with E-state index in [-0.39, 0.29) is 5.91 Å². The Balaban J connectivity index is 1.89. The number of aromatic amines is 1. The normalized spacial score (nSPS) is 10.6. The highest BCUT2D eigenvalue weighted by atomic mass is 16.1. The van der Waals surface area contributed by atoms with Crippen molar-refractivity contribution in [2.24, 2.45) is 0 Å². The quantitative estimate of drug-likeness (QED) is 0.736. The molecule has 1 aromatic carbocycles. The number of fused-ring (bicyclic) bond motifs is 1. The van der Waals surface area contributed by atoms with Crippen LogP contribution in [0.25, 0.3) is 10.9 Å². The van der Waals surface area contributed by atoms with E-state index in [1.54, 1.807) is 18.3 Å². The van der Waals surface area contributed by atoms with Crippen LogP contribution in [0.5, 0.6) is 0 Å². The van der Waals surface area contributed by atoms with E-state index in [4.69, 9.17) is 0 Å². The van der Waals surface area contributed by atoms with Gasteiger partial charge in [0.1, 0.15) is 0 Å². The number of aryl methyl sites for hydroxylation is 1. The van der Waals surface area contributed by atoms with Crippen LogP contribution in [0.3, 0.4) is 0 Å². The summed E-state index contributed by atoms with van der Waals surface area (Å²) >= 11 is 0. The third-order valence-corrected chi connectivity index (χ3v) is 2.88. The summed E-state index contributed by atoms with van der Waals surface area (Å²) in [5.74, 6) is 0.311. The molecular formula is C14H12N4O. The topological polar surface area (TPSA) is 70.7 Å². The molecule has 0 radical (unpaired) electrons. The zero-order valence-corrected chi connectivity index (χ0v) is 10.3. The van der Waals surface area contributed by atoms with Crippen molar-refractivity contribution < 1.29 is 4.79 Å². The van der Waals surface area contributed by atoms with Crippen molar-refractivity contribution >= 4 is 22.6 Å². The van der Waals surface area contributed by atoms with Gasteiger partial charge in [-0.05, 0) is 31.2 Å². The van der Waals surface area contributed by atoms with Crippen molar-refractivity contribution in [3.63, 3.8) is 0 Å². The number of carbonyl (C=O) groups excluding carboxylic acids is 1. The highest BCUT2D eigenvalue weighted by molar-refractivity contribution is 6.07. The molecule has 0 atom stereocenters. The molecule has 2 N–H and O–H groups in total. The molecule has 5 nitrogen and oxygen atoms in total. The number of carbonyl (C=O) groups is 1. The van der Waals surface area contributed by atoms with E-state index in [1.807, 2.05) is 31.2 Å². The van der Waals surface area contributed by atoms with Crippen molar-refractivity contribution in [2.45, 2.75) is 6.92 Å². The van der Waals surface area contributed by atoms with Crippen LogP contribution in [0.2, 0.25) is 0 Å². The second kappa shape index (κ2) is 4.53. The van der Waals surface area contributed by atoms with Gasteiger partial charge in [0.15, 0.2) is 5.82 Å². The summed E-state index contributed by atoms with van der Waals surface area (Å²) in [5, 5.41) is 10.6. The molecule has 0 bridgehead atoms. The molecule has 2 heterocycles. The summed E-state index contributed by atoms with van der Waals surface area (Å²) in [6.07, 6.45) is 1.56. The SMILES string of the molecule is Cc1ccc(C(=O)Nc2n[nH]c3ccccc23)cn1. The molecule has 0 saturated carbocycles. The van der Waals surface area contributed by atoms with Gasteiger partial charge >= 0.3 is 0 Å². The molecule has 0 unspecified atom stereocenters. The van der Waals surface area contributed by atoms with Crippen LogP contribution < -0.4 is 5.32 Å². The summed E-state index contributed by atoms with van der Waals surface area (Å²) in [5.41, 5.74) is 2.28. The lowest BCUT2D eigenvalue weighted by molar-refractivity contribution is 0.102. The number of H-pyrrole nitrogens is 1. The zero-order chi connectivity index (χ0) is 13.2. The Hall–Kier alpha value is -2.69. The van der Waals surface area contributed by atoms with Crippen LogP contribution in [-0.2, 0) is 0 Å². The summed E-state index contributed by atoms with van der Waals surface area (Å²) in [6, 6.07) is 11.2. The average Bonchev–Trinajstić information content (AvgIpc) is 2.83. The van der Waals surface area contributed by atoms with Crippen LogP contribution in [0.15, 0.2) is 42.6 Å². The number of nitrogens with zero attached hydrogens (tertiary/aromatic N) is 2. The van der Waals surface area contributed by atoms with E-state index in [0.717, 1.165) is 16.6 Å². The van der Waals surface area contributed by atoms with Gasteiger partial charge in [0, 0.05) is 17.3 Å². The lowest BCUT2D eigenvalue weighted by Gasteiger charge is -2.02. The monoisotopic (exact) mass is 252 g/mol. The summed E-state index contributed by atoms with van der Waals surface area (Å²) in [7, 11) is 0. The van der Waals surface area contributed by atoms with E-state index >= 15 is 0 Å². The number of anilines is 1. The van der Waals surface area contributed by atoms with Gasteiger partial charge < -0.3 is 5.32 Å². The number of aromatic nitrogens is 3. The molecule has 1 amide bonds. The van der Waals surface area contributed by atoms with Gasteiger partial charge in [-0.3, -0.25) is 14.9 Å². The second-order valence-electron chi connectivity index (χ2n) is 4.26. The first-order chi connectivity index (χ1) is 9.24. The van der Waals surface area contributed by atoms with Gasteiger partial charge in [-0.2, -0.15) is 5.10 Å². The second-order valence-corrected chi connectivity index (χ2v) is 4.26. The molecule has 19 heavy (non-hydrogen) atoms. The zero-order valence-electron chi connectivity index (χ0n) is 10.3. The van der Waals surface area contributed by atoms with Gasteiger partial charge in [-0.15, -0.1) is 0 Å². The number of rotatable bonds is 2. The minimum atomic E-state index is -0.218. The maximum atomic E-state index is 12.1. The summed E-state index contributed by atoms with van der Waals surface area (Å²) in [6.45, 7) is 1.88. The van der Waals surface area contributed by atoms with Crippen molar-refractivity contribution in [3.8, 4) is 0 Å². The van der Waals surface area contributed by atoms with Crippen LogP contribution in [0.4, 0.5) is 5.82 Å². The molecule has 2 aromatic heterocycles. The lowest BCUT2D eigenvalue weighted by Crippen LogP contribution is -2.12. The third kappa shape index (κ3) is 2.18. The Labute approximate surface area is 109 Å². The molecule has 0 aliphatic heterocycles. The molecule has 0 spiro atoms. The van der Waals surface area contributed by atoms with Crippen LogP contribution in [0, 0.1) is 6.92 Å². The average molecular weight is 252 g/mol. The van der Waals surface area contributed by atoms with Crippen LogP contribution >= 0.6 is 0 Å². The third-order valence-electron chi connectivity index (χ3n) is 2.88. The van der Waals surface area contributed by atoms with Crippen molar-refractivity contribution in [3.05, 3.63) is 53.9 Å². The largest absolute Gasteiger partial charge is 0.305 e. The van der Waals surface area contributed by atoms with Gasteiger partial charge in [0.2, 0.25) is 0 Å². The summed E-state index contributed by atoms with van der Waals surface area (Å²) in [4.78, 5) is 16.2. The van der Waals surface area contributed by atoms with E-state index in [9.17, 15) is 4.79 Å². The minimum absolute atomic E-state index is 0.218. The van der Waals surface area contributed by atoms with E-state index in [1.165, 1.54) is 0 Å². The number of benzene rings is 1.